The molecule has 1 aliphatic rings. The molecular formula is C14H17Cl2N5. The molecule has 1 saturated heterocycles. The summed E-state index contributed by atoms with van der Waals surface area (Å²) in [5.74, 6) is 1.42. The van der Waals surface area contributed by atoms with Crippen LogP contribution in [0.4, 0.5) is 5.95 Å². The summed E-state index contributed by atoms with van der Waals surface area (Å²) in [5, 5.41) is 11.8. The summed E-state index contributed by atoms with van der Waals surface area (Å²) in [5.41, 5.74) is 0.874. The topological polar surface area (TPSA) is 56.8 Å². The summed E-state index contributed by atoms with van der Waals surface area (Å²) < 4.78 is 0. The van der Waals surface area contributed by atoms with E-state index in [4.69, 9.17) is 23.2 Å². The molecular weight excluding hydrogens is 309 g/mol. The molecule has 0 saturated carbocycles. The first kappa shape index (κ1) is 14.6. The van der Waals surface area contributed by atoms with Crippen LogP contribution in [-0.2, 0) is 0 Å². The lowest BCUT2D eigenvalue weighted by molar-refractivity contribution is 0.403. The van der Waals surface area contributed by atoms with Gasteiger partial charge in [-0.15, -0.1) is 5.10 Å². The van der Waals surface area contributed by atoms with Crippen LogP contribution in [0.2, 0.25) is 10.0 Å². The van der Waals surface area contributed by atoms with E-state index < -0.39 is 0 Å². The van der Waals surface area contributed by atoms with Gasteiger partial charge in [0.05, 0.1) is 10.0 Å². The first-order valence-electron chi connectivity index (χ1n) is 6.92. The molecule has 5 nitrogen and oxygen atoms in total. The zero-order valence-electron chi connectivity index (χ0n) is 11.9. The molecule has 21 heavy (non-hydrogen) atoms. The van der Waals surface area contributed by atoms with E-state index >= 15 is 0 Å². The van der Waals surface area contributed by atoms with E-state index in [-0.39, 0.29) is 0 Å². The maximum atomic E-state index is 6.04. The quantitative estimate of drug-likeness (QED) is 0.891. The molecule has 1 aliphatic heterocycles. The molecule has 2 unspecified atom stereocenters. The minimum Gasteiger partial charge on any atom is -0.336 e. The monoisotopic (exact) mass is 325 g/mol. The van der Waals surface area contributed by atoms with Crippen LogP contribution in [0.25, 0.3) is 11.4 Å². The van der Waals surface area contributed by atoms with Crippen molar-refractivity contribution in [1.82, 2.24) is 20.5 Å². The minimum absolute atomic E-state index is 0.417. The standard InChI is InChI=1S/C14H17Cl2N5/c1-8-6-21(7-9(2)17-8)14-18-13(19-20-14)10-3-4-11(15)12(16)5-10/h3-5,8-9,17H,6-7H2,1-2H3,(H,18,19,20). The molecule has 3 rings (SSSR count). The molecule has 2 atom stereocenters. The van der Waals surface area contributed by atoms with Gasteiger partial charge in [-0.1, -0.05) is 23.2 Å². The predicted octanol–water partition coefficient (Wildman–Crippen LogP) is 2.97. The summed E-state index contributed by atoms with van der Waals surface area (Å²) >= 11 is 12.0. The van der Waals surface area contributed by atoms with Crippen molar-refractivity contribution in [3.63, 3.8) is 0 Å². The highest BCUT2D eigenvalue weighted by Crippen LogP contribution is 2.27. The van der Waals surface area contributed by atoms with Crippen LogP contribution in [0.3, 0.4) is 0 Å². The summed E-state index contributed by atoms with van der Waals surface area (Å²) in [6.07, 6.45) is 0. The van der Waals surface area contributed by atoms with E-state index in [0.717, 1.165) is 24.6 Å². The van der Waals surface area contributed by atoms with Crippen LogP contribution < -0.4 is 10.2 Å². The second-order valence-corrected chi connectivity index (χ2v) is 6.30. The van der Waals surface area contributed by atoms with Crippen LogP contribution in [0.15, 0.2) is 18.2 Å². The number of piperazine rings is 1. The number of anilines is 1. The predicted molar refractivity (Wildman–Crippen MR) is 86.1 cm³/mol. The van der Waals surface area contributed by atoms with E-state index in [0.29, 0.717) is 28.0 Å². The zero-order valence-corrected chi connectivity index (χ0v) is 13.4. The number of hydrogen-bond acceptors (Lipinski definition) is 4. The summed E-state index contributed by atoms with van der Waals surface area (Å²) in [4.78, 5) is 6.76. The number of nitrogens with one attached hydrogen (secondary N) is 2. The number of rotatable bonds is 2. The highest BCUT2D eigenvalue weighted by Gasteiger charge is 2.23. The van der Waals surface area contributed by atoms with Crippen molar-refractivity contribution in [1.29, 1.82) is 0 Å². The highest BCUT2D eigenvalue weighted by molar-refractivity contribution is 6.42. The van der Waals surface area contributed by atoms with Gasteiger partial charge in [0.15, 0.2) is 5.82 Å². The lowest BCUT2D eigenvalue weighted by Gasteiger charge is -2.35. The molecule has 1 aromatic carbocycles. The van der Waals surface area contributed by atoms with Gasteiger partial charge in [0, 0.05) is 30.7 Å². The van der Waals surface area contributed by atoms with E-state index in [9.17, 15) is 0 Å². The molecule has 7 heteroatoms. The third-order valence-electron chi connectivity index (χ3n) is 3.51. The van der Waals surface area contributed by atoms with Crippen molar-refractivity contribution in [2.45, 2.75) is 25.9 Å². The second-order valence-electron chi connectivity index (χ2n) is 5.49. The van der Waals surface area contributed by atoms with Crippen LogP contribution in [0, 0.1) is 0 Å². The van der Waals surface area contributed by atoms with Gasteiger partial charge >= 0.3 is 0 Å². The molecule has 0 spiro atoms. The Hall–Kier alpha value is -1.30. The Morgan fingerprint density at radius 3 is 2.52 bits per heavy atom. The fourth-order valence-electron chi connectivity index (χ4n) is 2.66. The largest absolute Gasteiger partial charge is 0.336 e. The number of H-pyrrole nitrogens is 1. The number of nitrogens with zero attached hydrogens (tertiary/aromatic N) is 3. The number of halogens is 2. The molecule has 2 N–H and O–H groups in total. The fraction of sp³-hybridized carbons (Fsp3) is 0.429. The third kappa shape index (κ3) is 3.15. The lowest BCUT2D eigenvalue weighted by atomic mass is 10.1. The Labute approximate surface area is 133 Å². The first-order chi connectivity index (χ1) is 10.0. The summed E-state index contributed by atoms with van der Waals surface area (Å²) in [6.45, 7) is 6.11. The van der Waals surface area contributed by atoms with Crippen molar-refractivity contribution < 1.29 is 0 Å². The highest BCUT2D eigenvalue weighted by atomic mass is 35.5. The van der Waals surface area contributed by atoms with Crippen molar-refractivity contribution in [3.8, 4) is 11.4 Å². The van der Waals surface area contributed by atoms with Crippen molar-refractivity contribution in [2.75, 3.05) is 18.0 Å². The van der Waals surface area contributed by atoms with Gasteiger partial charge in [-0.3, -0.25) is 5.10 Å². The molecule has 2 aromatic rings. The average Bonchev–Trinajstić information content (AvgIpc) is 2.90. The van der Waals surface area contributed by atoms with Gasteiger partial charge in [0.25, 0.3) is 0 Å². The maximum Gasteiger partial charge on any atom is 0.245 e. The van der Waals surface area contributed by atoms with Gasteiger partial charge in [0.2, 0.25) is 5.95 Å². The Kier molecular flexibility index (Phi) is 4.06. The van der Waals surface area contributed by atoms with Crippen LogP contribution >= 0.6 is 23.2 Å². The molecule has 1 aromatic heterocycles. The molecule has 0 radical (unpaired) electrons. The lowest BCUT2D eigenvalue weighted by Crippen LogP contribution is -2.54. The molecule has 1 fully saturated rings. The van der Waals surface area contributed by atoms with Crippen LogP contribution in [-0.4, -0.2) is 40.4 Å². The molecule has 2 heterocycles. The van der Waals surface area contributed by atoms with E-state index in [1.54, 1.807) is 12.1 Å². The van der Waals surface area contributed by atoms with Gasteiger partial charge in [-0.05, 0) is 32.0 Å². The molecule has 0 aliphatic carbocycles. The van der Waals surface area contributed by atoms with Gasteiger partial charge < -0.3 is 10.2 Å². The Balaban J connectivity index is 1.84. The Morgan fingerprint density at radius 2 is 1.86 bits per heavy atom. The second kappa shape index (κ2) is 5.83. The average molecular weight is 326 g/mol. The number of aromatic amines is 1. The van der Waals surface area contributed by atoms with Crippen molar-refractivity contribution >= 4 is 29.2 Å². The van der Waals surface area contributed by atoms with E-state index in [1.165, 1.54) is 0 Å². The number of aromatic nitrogens is 3. The Bertz CT molecular complexity index is 632. The number of benzene rings is 1. The Morgan fingerprint density at radius 1 is 1.14 bits per heavy atom. The summed E-state index contributed by atoms with van der Waals surface area (Å²) in [7, 11) is 0. The smallest absolute Gasteiger partial charge is 0.245 e. The van der Waals surface area contributed by atoms with Crippen LogP contribution in [0.1, 0.15) is 13.8 Å². The van der Waals surface area contributed by atoms with Crippen molar-refractivity contribution in [2.24, 2.45) is 0 Å². The van der Waals surface area contributed by atoms with Gasteiger partial charge in [-0.25, -0.2) is 0 Å². The van der Waals surface area contributed by atoms with E-state index in [1.807, 2.05) is 6.07 Å². The molecule has 0 amide bonds. The normalized spacial score (nSPS) is 22.6. The first-order valence-corrected chi connectivity index (χ1v) is 7.67. The fourth-order valence-corrected chi connectivity index (χ4v) is 2.96. The van der Waals surface area contributed by atoms with Gasteiger partial charge in [-0.2, -0.15) is 4.98 Å². The zero-order chi connectivity index (χ0) is 15.0. The van der Waals surface area contributed by atoms with Crippen molar-refractivity contribution in [3.05, 3.63) is 28.2 Å². The molecule has 112 valence electrons. The SMILES string of the molecule is CC1CN(c2n[nH]c(-c3ccc(Cl)c(Cl)c3)n2)CC(C)N1. The number of hydrogen-bond donors (Lipinski definition) is 2. The summed E-state index contributed by atoms with van der Waals surface area (Å²) in [6, 6.07) is 6.26. The van der Waals surface area contributed by atoms with E-state index in [2.05, 4.69) is 39.2 Å². The van der Waals surface area contributed by atoms with Gasteiger partial charge in [0.1, 0.15) is 0 Å². The maximum absolute atomic E-state index is 6.04. The van der Waals surface area contributed by atoms with Crippen LogP contribution in [0.5, 0.6) is 0 Å². The minimum atomic E-state index is 0.417. The third-order valence-corrected chi connectivity index (χ3v) is 4.25. The molecule has 0 bridgehead atoms.